The van der Waals surface area contributed by atoms with Gasteiger partial charge in [-0.1, -0.05) is 44.5 Å². The molecule has 26 heavy (non-hydrogen) atoms. The van der Waals surface area contributed by atoms with Gasteiger partial charge in [-0.15, -0.1) is 5.10 Å². The number of anilines is 1. The van der Waals surface area contributed by atoms with E-state index in [1.807, 2.05) is 51.1 Å². The number of hydrogen-bond donors (Lipinski definition) is 1. The molecule has 2 aromatic heterocycles. The van der Waals surface area contributed by atoms with Gasteiger partial charge in [0.2, 0.25) is 5.95 Å². The highest BCUT2D eigenvalue weighted by atomic mass is 35.5. The van der Waals surface area contributed by atoms with Gasteiger partial charge in [0.05, 0.1) is 0 Å². The summed E-state index contributed by atoms with van der Waals surface area (Å²) < 4.78 is 1.33. The van der Waals surface area contributed by atoms with Crippen LogP contribution in [-0.2, 0) is 6.54 Å². The van der Waals surface area contributed by atoms with Crippen LogP contribution in [0.5, 0.6) is 0 Å². The van der Waals surface area contributed by atoms with Crippen molar-refractivity contribution in [2.24, 2.45) is 5.41 Å². The number of carbonyl (C=O) groups is 1. The van der Waals surface area contributed by atoms with Gasteiger partial charge in [0.1, 0.15) is 0 Å². The second-order valence-corrected chi connectivity index (χ2v) is 7.39. The van der Waals surface area contributed by atoms with Gasteiger partial charge in [0.15, 0.2) is 5.82 Å². The van der Waals surface area contributed by atoms with Gasteiger partial charge < -0.3 is 5.32 Å². The summed E-state index contributed by atoms with van der Waals surface area (Å²) in [7, 11) is 0. The molecule has 0 radical (unpaired) electrons. The highest BCUT2D eigenvalue weighted by Gasteiger charge is 2.27. The quantitative estimate of drug-likeness (QED) is 0.742. The van der Waals surface area contributed by atoms with E-state index in [0.29, 0.717) is 23.3 Å². The summed E-state index contributed by atoms with van der Waals surface area (Å²) in [6.45, 7) is 6.02. The van der Waals surface area contributed by atoms with E-state index in [9.17, 15) is 4.79 Å². The third-order valence-electron chi connectivity index (χ3n) is 3.70. The highest BCUT2D eigenvalue weighted by Crippen LogP contribution is 2.23. The molecule has 3 aromatic rings. The zero-order valence-corrected chi connectivity index (χ0v) is 15.7. The van der Waals surface area contributed by atoms with E-state index >= 15 is 0 Å². The lowest BCUT2D eigenvalue weighted by atomic mass is 9.96. The van der Waals surface area contributed by atoms with Gasteiger partial charge in [-0.2, -0.15) is 9.67 Å². The maximum absolute atomic E-state index is 12.8. The predicted octanol–water partition coefficient (Wildman–Crippen LogP) is 4.29. The fourth-order valence-corrected chi connectivity index (χ4v) is 2.54. The molecule has 134 valence electrons. The van der Waals surface area contributed by atoms with E-state index in [4.69, 9.17) is 11.6 Å². The lowest BCUT2D eigenvalue weighted by Gasteiger charge is -2.17. The average Bonchev–Trinajstić information content (AvgIpc) is 3.03. The van der Waals surface area contributed by atoms with Crippen LogP contribution in [-0.4, -0.2) is 25.7 Å². The zero-order chi connectivity index (χ0) is 18.7. The number of benzene rings is 1. The van der Waals surface area contributed by atoms with E-state index in [-0.39, 0.29) is 5.91 Å². The normalized spacial score (nSPS) is 11.4. The molecule has 1 aromatic carbocycles. The Bertz CT molecular complexity index is 915. The summed E-state index contributed by atoms with van der Waals surface area (Å²) in [4.78, 5) is 21.4. The summed E-state index contributed by atoms with van der Waals surface area (Å²) >= 11 is 6.03. The molecule has 0 atom stereocenters. The second-order valence-electron chi connectivity index (χ2n) is 6.95. The number of rotatable bonds is 4. The Morgan fingerprint density at radius 3 is 2.69 bits per heavy atom. The Kier molecular flexibility index (Phi) is 5.04. The van der Waals surface area contributed by atoms with Crippen molar-refractivity contribution in [1.82, 2.24) is 19.7 Å². The number of nitrogens with one attached hydrogen (secondary N) is 1. The van der Waals surface area contributed by atoms with Crippen molar-refractivity contribution < 1.29 is 4.79 Å². The number of carbonyl (C=O) groups excluding carboxylic acids is 1. The molecule has 0 saturated heterocycles. The Morgan fingerprint density at radius 1 is 1.23 bits per heavy atom. The fourth-order valence-electron chi connectivity index (χ4n) is 2.33. The Morgan fingerprint density at radius 2 is 2.04 bits per heavy atom. The van der Waals surface area contributed by atoms with Gasteiger partial charge in [0.25, 0.3) is 5.91 Å². The predicted molar refractivity (Wildman–Crippen MR) is 102 cm³/mol. The first-order valence-electron chi connectivity index (χ1n) is 8.25. The topological polar surface area (TPSA) is 72.7 Å². The molecule has 0 spiro atoms. The number of nitrogens with zero attached hydrogens (tertiary/aromatic N) is 4. The largest absolute Gasteiger partial charge is 0.350 e. The first-order chi connectivity index (χ1) is 12.3. The van der Waals surface area contributed by atoms with Crippen LogP contribution in [0, 0.1) is 5.41 Å². The van der Waals surface area contributed by atoms with E-state index in [0.717, 1.165) is 11.1 Å². The molecular weight excluding hydrogens is 350 g/mol. The minimum atomic E-state index is -0.591. The van der Waals surface area contributed by atoms with Gasteiger partial charge >= 0.3 is 0 Å². The minimum Gasteiger partial charge on any atom is -0.350 e. The van der Waals surface area contributed by atoms with Gasteiger partial charge in [0, 0.05) is 34.9 Å². The van der Waals surface area contributed by atoms with Crippen LogP contribution in [0.15, 0.2) is 48.8 Å². The van der Waals surface area contributed by atoms with Gasteiger partial charge in [-0.05, 0) is 29.8 Å². The third kappa shape index (κ3) is 4.08. The first kappa shape index (κ1) is 18.1. The number of pyridine rings is 1. The number of hydrogen-bond acceptors (Lipinski definition) is 5. The molecule has 0 unspecified atom stereocenters. The molecule has 0 fully saturated rings. The molecule has 0 aliphatic carbocycles. The van der Waals surface area contributed by atoms with Crippen molar-refractivity contribution in [1.29, 1.82) is 0 Å². The average molecular weight is 370 g/mol. The van der Waals surface area contributed by atoms with Crippen LogP contribution >= 0.6 is 11.6 Å². The summed E-state index contributed by atoms with van der Waals surface area (Å²) in [5.74, 6) is 0.696. The lowest BCUT2D eigenvalue weighted by molar-refractivity contribution is 0.0752. The highest BCUT2D eigenvalue weighted by molar-refractivity contribution is 6.30. The summed E-state index contributed by atoms with van der Waals surface area (Å²) in [6.07, 6.45) is 3.35. The maximum atomic E-state index is 12.8. The van der Waals surface area contributed by atoms with Crippen molar-refractivity contribution in [3.05, 3.63) is 59.4 Å². The monoisotopic (exact) mass is 369 g/mol. The second kappa shape index (κ2) is 7.25. The molecule has 6 nitrogen and oxygen atoms in total. The molecule has 0 bridgehead atoms. The van der Waals surface area contributed by atoms with Crippen molar-refractivity contribution >= 4 is 23.5 Å². The van der Waals surface area contributed by atoms with Crippen LogP contribution in [0.3, 0.4) is 0 Å². The Balaban J connectivity index is 1.93. The molecule has 0 amide bonds. The Labute approximate surface area is 157 Å². The molecule has 3 rings (SSSR count). The van der Waals surface area contributed by atoms with Crippen LogP contribution in [0.1, 0.15) is 31.1 Å². The summed E-state index contributed by atoms with van der Waals surface area (Å²) in [5, 5.41) is 8.25. The first-order valence-corrected chi connectivity index (χ1v) is 8.63. The van der Waals surface area contributed by atoms with Crippen LogP contribution in [0.25, 0.3) is 11.4 Å². The molecule has 2 heterocycles. The van der Waals surface area contributed by atoms with Crippen molar-refractivity contribution in [3.8, 4) is 11.4 Å². The molecular formula is C19H20ClN5O. The molecule has 0 aliphatic heterocycles. The molecule has 0 aliphatic rings. The van der Waals surface area contributed by atoms with Crippen molar-refractivity contribution in [3.63, 3.8) is 0 Å². The van der Waals surface area contributed by atoms with Crippen molar-refractivity contribution in [2.75, 3.05) is 5.32 Å². The van der Waals surface area contributed by atoms with E-state index in [1.54, 1.807) is 18.5 Å². The summed E-state index contributed by atoms with van der Waals surface area (Å²) in [5.41, 5.74) is 1.14. The molecule has 1 N–H and O–H groups in total. The van der Waals surface area contributed by atoms with E-state index in [1.165, 1.54) is 4.68 Å². The molecule has 0 saturated carbocycles. The SMILES string of the molecule is CC(C)(C)C(=O)n1nc(-c2cccnc2)nc1NCc1cccc(Cl)c1. The minimum absolute atomic E-state index is 0.145. The zero-order valence-electron chi connectivity index (χ0n) is 14.9. The van der Waals surface area contributed by atoms with Gasteiger partial charge in [-0.3, -0.25) is 9.78 Å². The maximum Gasteiger partial charge on any atom is 0.255 e. The number of halogens is 1. The third-order valence-corrected chi connectivity index (χ3v) is 3.94. The fraction of sp³-hybridized carbons (Fsp3) is 0.263. The molecule has 7 heteroatoms. The lowest BCUT2D eigenvalue weighted by Crippen LogP contribution is -2.29. The Hall–Kier alpha value is -2.73. The van der Waals surface area contributed by atoms with Crippen molar-refractivity contribution in [2.45, 2.75) is 27.3 Å². The smallest absolute Gasteiger partial charge is 0.255 e. The van der Waals surface area contributed by atoms with E-state index < -0.39 is 5.41 Å². The van der Waals surface area contributed by atoms with Crippen LogP contribution in [0.4, 0.5) is 5.95 Å². The van der Waals surface area contributed by atoms with Crippen LogP contribution in [0.2, 0.25) is 5.02 Å². The standard InChI is InChI=1S/C19H20ClN5O/c1-19(2,3)17(26)25-18(22-11-13-6-4-8-15(20)10-13)23-16(24-25)14-7-5-9-21-12-14/h4-10,12H,11H2,1-3H3,(H,22,23,24). The van der Waals surface area contributed by atoms with Gasteiger partial charge in [-0.25, -0.2) is 0 Å². The number of aromatic nitrogens is 4. The van der Waals surface area contributed by atoms with Crippen LogP contribution < -0.4 is 5.32 Å². The van der Waals surface area contributed by atoms with E-state index in [2.05, 4.69) is 20.4 Å². The summed E-state index contributed by atoms with van der Waals surface area (Å²) in [6, 6.07) is 11.2.